The number of rotatable bonds is 6. The summed E-state index contributed by atoms with van der Waals surface area (Å²) in [6.45, 7) is 6.30. The number of hydrogen-bond acceptors (Lipinski definition) is 6. The summed E-state index contributed by atoms with van der Waals surface area (Å²) in [6, 6.07) is 14.1. The molecule has 1 aromatic heterocycles. The molecule has 0 bridgehead atoms. The van der Waals surface area contributed by atoms with Gasteiger partial charge in [0.2, 0.25) is 0 Å². The molecule has 1 saturated heterocycles. The zero-order valence-corrected chi connectivity index (χ0v) is 20.3. The number of carbonyl (C=O) groups excluding carboxylic acids is 1. The number of aromatic nitrogens is 1. The van der Waals surface area contributed by atoms with Gasteiger partial charge < -0.3 is 19.5 Å². The van der Waals surface area contributed by atoms with E-state index in [1.54, 1.807) is 13.0 Å². The first-order valence-corrected chi connectivity index (χ1v) is 12.1. The van der Waals surface area contributed by atoms with Gasteiger partial charge in [0.1, 0.15) is 17.0 Å². The monoisotopic (exact) mass is 480 g/mol. The van der Waals surface area contributed by atoms with Gasteiger partial charge in [0, 0.05) is 44.5 Å². The van der Waals surface area contributed by atoms with Gasteiger partial charge in [-0.2, -0.15) is 0 Å². The molecule has 1 fully saturated rings. The van der Waals surface area contributed by atoms with E-state index in [2.05, 4.69) is 45.5 Å². The van der Waals surface area contributed by atoms with Gasteiger partial charge in [-0.05, 0) is 36.6 Å². The fourth-order valence-electron chi connectivity index (χ4n) is 4.90. The van der Waals surface area contributed by atoms with E-state index in [9.17, 15) is 4.79 Å². The molecule has 3 aromatic rings. The number of ether oxygens (including phenoxy) is 1. The van der Waals surface area contributed by atoms with E-state index in [1.807, 2.05) is 18.2 Å². The highest BCUT2D eigenvalue weighted by atomic mass is 35.5. The minimum Gasteiger partial charge on any atom is -0.379 e. The lowest BCUT2D eigenvalue weighted by Crippen LogP contribution is -2.44. The summed E-state index contributed by atoms with van der Waals surface area (Å²) in [5.74, 6) is 0.253. The average Bonchev–Trinajstić information content (AvgIpc) is 3.42. The van der Waals surface area contributed by atoms with E-state index in [-0.39, 0.29) is 11.9 Å². The predicted molar refractivity (Wildman–Crippen MR) is 133 cm³/mol. The van der Waals surface area contributed by atoms with Crippen LogP contribution in [0.3, 0.4) is 0 Å². The SMILES string of the molecule is Cc1onc(-c2ccccc2Cl)c1C(=O)NCC(c1ccc2c(c1)CCN2C)N1CCOCC1. The molecule has 7 nitrogen and oxygen atoms in total. The Morgan fingerprint density at radius 3 is 2.76 bits per heavy atom. The van der Waals surface area contributed by atoms with Crippen molar-refractivity contribution in [2.75, 3.05) is 51.3 Å². The lowest BCUT2D eigenvalue weighted by atomic mass is 10.00. The van der Waals surface area contributed by atoms with Gasteiger partial charge in [-0.1, -0.05) is 47.1 Å². The first kappa shape index (κ1) is 22.9. The highest BCUT2D eigenvalue weighted by Crippen LogP contribution is 2.33. The molecule has 3 heterocycles. The number of likely N-dealkylation sites (N-methyl/N-ethyl adjacent to an activating group) is 1. The molecule has 8 heteroatoms. The van der Waals surface area contributed by atoms with Crippen LogP contribution >= 0.6 is 11.6 Å². The van der Waals surface area contributed by atoms with E-state index >= 15 is 0 Å². The standard InChI is InChI=1S/C26H29ClN4O3/c1-17-24(25(29-34-17)20-5-3-4-6-21(20)27)26(32)28-16-23(31-11-13-33-14-12-31)18-7-8-22-19(15-18)9-10-30(22)2/h3-8,15,23H,9-14,16H2,1-2H3,(H,28,32). The molecule has 34 heavy (non-hydrogen) atoms. The van der Waals surface area contributed by atoms with E-state index in [1.165, 1.54) is 16.8 Å². The van der Waals surface area contributed by atoms with Gasteiger partial charge in [0.15, 0.2) is 0 Å². The van der Waals surface area contributed by atoms with Crippen molar-refractivity contribution < 1.29 is 14.1 Å². The normalized spacial score (nSPS) is 17.0. The van der Waals surface area contributed by atoms with E-state index in [0.717, 1.165) is 26.1 Å². The van der Waals surface area contributed by atoms with Crippen LogP contribution in [0.25, 0.3) is 11.3 Å². The number of nitrogens with zero attached hydrogens (tertiary/aromatic N) is 3. The van der Waals surface area contributed by atoms with Crippen molar-refractivity contribution in [3.63, 3.8) is 0 Å². The van der Waals surface area contributed by atoms with Crippen LogP contribution in [0.2, 0.25) is 5.02 Å². The molecule has 2 aliphatic heterocycles. The first-order chi connectivity index (χ1) is 16.5. The molecule has 1 atom stereocenters. The molecule has 1 N–H and O–H groups in total. The molecule has 0 saturated carbocycles. The van der Waals surface area contributed by atoms with Gasteiger partial charge in [0.25, 0.3) is 5.91 Å². The molecule has 2 aromatic carbocycles. The third kappa shape index (κ3) is 4.43. The van der Waals surface area contributed by atoms with Gasteiger partial charge >= 0.3 is 0 Å². The Labute approximate surface area is 204 Å². The number of fused-ring (bicyclic) bond motifs is 1. The molecule has 1 unspecified atom stereocenters. The van der Waals surface area contributed by atoms with Crippen molar-refractivity contribution in [3.05, 3.63) is 69.9 Å². The highest BCUT2D eigenvalue weighted by Gasteiger charge is 2.28. The summed E-state index contributed by atoms with van der Waals surface area (Å²) in [5, 5.41) is 7.82. The molecule has 178 valence electrons. The van der Waals surface area contributed by atoms with Gasteiger partial charge in [0.05, 0.1) is 24.3 Å². The zero-order valence-electron chi connectivity index (χ0n) is 19.5. The quantitative estimate of drug-likeness (QED) is 0.572. The minimum absolute atomic E-state index is 0.0491. The Morgan fingerprint density at radius 2 is 1.97 bits per heavy atom. The van der Waals surface area contributed by atoms with E-state index in [0.29, 0.717) is 47.4 Å². The molecule has 5 rings (SSSR count). The smallest absolute Gasteiger partial charge is 0.257 e. The summed E-state index contributed by atoms with van der Waals surface area (Å²) in [5.41, 5.74) is 5.43. The van der Waals surface area contributed by atoms with Crippen LogP contribution in [-0.4, -0.2) is 62.4 Å². The van der Waals surface area contributed by atoms with Crippen molar-refractivity contribution in [2.45, 2.75) is 19.4 Å². The molecule has 0 radical (unpaired) electrons. The number of anilines is 1. The summed E-state index contributed by atoms with van der Waals surface area (Å²) in [6.07, 6.45) is 1.04. The van der Waals surface area contributed by atoms with Crippen LogP contribution < -0.4 is 10.2 Å². The molecular weight excluding hydrogens is 452 g/mol. The predicted octanol–water partition coefficient (Wildman–Crippen LogP) is 4.10. The maximum atomic E-state index is 13.4. The highest BCUT2D eigenvalue weighted by molar-refractivity contribution is 6.33. The number of halogens is 1. The Balaban J connectivity index is 1.40. The number of hydrogen-bond donors (Lipinski definition) is 1. The summed E-state index contributed by atoms with van der Waals surface area (Å²) in [4.78, 5) is 18.1. The van der Waals surface area contributed by atoms with E-state index in [4.69, 9.17) is 20.9 Å². The summed E-state index contributed by atoms with van der Waals surface area (Å²) < 4.78 is 11.0. The van der Waals surface area contributed by atoms with Crippen LogP contribution in [-0.2, 0) is 11.2 Å². The Bertz CT molecular complexity index is 1190. The number of nitrogens with one attached hydrogen (secondary N) is 1. The van der Waals surface area contributed by atoms with Crippen LogP contribution in [0, 0.1) is 6.92 Å². The molecule has 2 aliphatic rings. The fourth-order valence-corrected chi connectivity index (χ4v) is 5.12. The van der Waals surface area contributed by atoms with Gasteiger partial charge in [-0.15, -0.1) is 0 Å². The van der Waals surface area contributed by atoms with Crippen molar-refractivity contribution in [1.82, 2.24) is 15.4 Å². The maximum Gasteiger partial charge on any atom is 0.257 e. The lowest BCUT2D eigenvalue weighted by Gasteiger charge is -2.35. The Kier molecular flexibility index (Phi) is 6.59. The van der Waals surface area contributed by atoms with Crippen molar-refractivity contribution in [3.8, 4) is 11.3 Å². The first-order valence-electron chi connectivity index (χ1n) is 11.7. The Hall–Kier alpha value is -2.87. The molecule has 0 aliphatic carbocycles. The third-order valence-electron chi connectivity index (χ3n) is 6.78. The van der Waals surface area contributed by atoms with Crippen LogP contribution in [0.1, 0.15) is 33.3 Å². The maximum absolute atomic E-state index is 13.4. The van der Waals surface area contributed by atoms with Crippen molar-refractivity contribution >= 4 is 23.2 Å². The van der Waals surface area contributed by atoms with E-state index < -0.39 is 0 Å². The van der Waals surface area contributed by atoms with Crippen LogP contribution in [0.5, 0.6) is 0 Å². The minimum atomic E-state index is -0.215. The molecule has 1 amide bonds. The zero-order chi connectivity index (χ0) is 23.7. The van der Waals surface area contributed by atoms with Crippen molar-refractivity contribution in [2.24, 2.45) is 0 Å². The van der Waals surface area contributed by atoms with Crippen LogP contribution in [0.15, 0.2) is 47.0 Å². The fraction of sp³-hybridized carbons (Fsp3) is 0.385. The van der Waals surface area contributed by atoms with Gasteiger partial charge in [-0.25, -0.2) is 0 Å². The summed E-state index contributed by atoms with van der Waals surface area (Å²) in [7, 11) is 2.13. The topological polar surface area (TPSA) is 70.8 Å². The molecule has 0 spiro atoms. The van der Waals surface area contributed by atoms with Gasteiger partial charge in [-0.3, -0.25) is 9.69 Å². The van der Waals surface area contributed by atoms with Crippen molar-refractivity contribution in [1.29, 1.82) is 0 Å². The van der Waals surface area contributed by atoms with Crippen LogP contribution in [0.4, 0.5) is 5.69 Å². The number of morpholine rings is 1. The molecular formula is C26H29ClN4O3. The number of aryl methyl sites for hydroxylation is 1. The second kappa shape index (κ2) is 9.78. The number of carbonyl (C=O) groups is 1. The largest absolute Gasteiger partial charge is 0.379 e. The lowest BCUT2D eigenvalue weighted by molar-refractivity contribution is 0.0162. The second-order valence-corrected chi connectivity index (χ2v) is 9.28. The number of benzene rings is 2. The Morgan fingerprint density at radius 1 is 1.18 bits per heavy atom. The number of amides is 1. The second-order valence-electron chi connectivity index (χ2n) is 8.88. The average molecular weight is 481 g/mol. The summed E-state index contributed by atoms with van der Waals surface area (Å²) >= 11 is 6.38. The third-order valence-corrected chi connectivity index (χ3v) is 7.11.